The lowest BCUT2D eigenvalue weighted by Crippen LogP contribution is -2.39. The Morgan fingerprint density at radius 3 is 2.28 bits per heavy atom. The zero-order valence-electron chi connectivity index (χ0n) is 18.0. The van der Waals surface area contributed by atoms with E-state index in [0.717, 1.165) is 60.8 Å². The lowest BCUT2D eigenvalue weighted by Gasteiger charge is -2.44. The van der Waals surface area contributed by atoms with Crippen LogP contribution < -0.4 is 0 Å². The first kappa shape index (κ1) is 22.0. The van der Waals surface area contributed by atoms with Crippen molar-refractivity contribution in [1.82, 2.24) is 0 Å². The van der Waals surface area contributed by atoms with Crippen molar-refractivity contribution in [1.29, 1.82) is 0 Å². The molecule has 157 valence electrons. The van der Waals surface area contributed by atoms with E-state index in [9.17, 15) is 15.3 Å². The summed E-state index contributed by atoms with van der Waals surface area (Å²) in [6, 6.07) is 16.9. The normalized spacial score (nSPS) is 18.1. The van der Waals surface area contributed by atoms with Gasteiger partial charge < -0.3 is 15.3 Å². The summed E-state index contributed by atoms with van der Waals surface area (Å²) in [7, 11) is 0. The molecule has 3 N–H and O–H groups in total. The van der Waals surface area contributed by atoms with Gasteiger partial charge in [0.25, 0.3) is 0 Å². The van der Waals surface area contributed by atoms with Gasteiger partial charge in [-0.3, -0.25) is 0 Å². The molecule has 0 aromatic heterocycles. The molecule has 0 bridgehead atoms. The fourth-order valence-corrected chi connectivity index (χ4v) is 4.20. The average molecular weight is 396 g/mol. The summed E-state index contributed by atoms with van der Waals surface area (Å²) in [6.45, 7) is 6.70. The third-order valence-electron chi connectivity index (χ3n) is 6.40. The fraction of sp³-hybridized carbons (Fsp3) is 0.538. The van der Waals surface area contributed by atoms with Crippen molar-refractivity contribution >= 4 is 0 Å². The van der Waals surface area contributed by atoms with Crippen molar-refractivity contribution < 1.29 is 15.3 Å². The summed E-state index contributed by atoms with van der Waals surface area (Å²) in [5.41, 5.74) is 3.64. The van der Waals surface area contributed by atoms with Gasteiger partial charge in [0, 0.05) is 5.41 Å². The maximum absolute atomic E-state index is 10.7. The van der Waals surface area contributed by atoms with E-state index in [1.54, 1.807) is 0 Å². The van der Waals surface area contributed by atoms with Crippen LogP contribution in [0.25, 0.3) is 11.1 Å². The van der Waals surface area contributed by atoms with Crippen LogP contribution in [-0.4, -0.2) is 21.9 Å². The SMILES string of the molecule is CC(C)(C)CCCC(O)c1cc[c]c(-c2ccc(C(O)C3(CO)CCC3)cc2)c1. The van der Waals surface area contributed by atoms with Crippen molar-refractivity contribution in [2.24, 2.45) is 10.8 Å². The first-order chi connectivity index (χ1) is 13.7. The second kappa shape index (κ2) is 8.99. The Kier molecular flexibility index (Phi) is 6.83. The molecule has 2 aromatic rings. The third-order valence-corrected chi connectivity index (χ3v) is 6.40. The third kappa shape index (κ3) is 5.28. The number of benzene rings is 2. The van der Waals surface area contributed by atoms with Gasteiger partial charge in [-0.2, -0.15) is 0 Å². The Labute approximate surface area is 175 Å². The molecule has 3 rings (SSSR count). The molecule has 1 saturated carbocycles. The van der Waals surface area contributed by atoms with E-state index in [1.165, 1.54) is 0 Å². The Morgan fingerprint density at radius 2 is 1.72 bits per heavy atom. The number of rotatable bonds is 8. The van der Waals surface area contributed by atoms with E-state index in [-0.39, 0.29) is 17.4 Å². The Morgan fingerprint density at radius 1 is 1.03 bits per heavy atom. The summed E-state index contributed by atoms with van der Waals surface area (Å²) in [6.07, 6.45) is 4.56. The molecule has 2 atom stereocenters. The lowest BCUT2D eigenvalue weighted by atomic mass is 9.64. The summed E-state index contributed by atoms with van der Waals surface area (Å²) in [5.74, 6) is 0. The van der Waals surface area contributed by atoms with Crippen molar-refractivity contribution in [2.75, 3.05) is 6.61 Å². The molecule has 3 nitrogen and oxygen atoms in total. The van der Waals surface area contributed by atoms with Gasteiger partial charge in [-0.25, -0.2) is 0 Å². The lowest BCUT2D eigenvalue weighted by molar-refractivity contribution is -0.0734. The maximum Gasteiger partial charge on any atom is 0.0868 e. The van der Waals surface area contributed by atoms with Crippen molar-refractivity contribution in [3.05, 3.63) is 59.7 Å². The van der Waals surface area contributed by atoms with Crippen LogP contribution in [0.2, 0.25) is 0 Å². The van der Waals surface area contributed by atoms with Crippen LogP contribution in [0.4, 0.5) is 0 Å². The van der Waals surface area contributed by atoms with Crippen LogP contribution in [0.1, 0.15) is 82.6 Å². The predicted molar refractivity (Wildman–Crippen MR) is 117 cm³/mol. The van der Waals surface area contributed by atoms with Crippen LogP contribution in [0, 0.1) is 16.9 Å². The van der Waals surface area contributed by atoms with Crippen LogP contribution in [0.3, 0.4) is 0 Å². The molecule has 1 aliphatic rings. The highest BCUT2D eigenvalue weighted by Crippen LogP contribution is 2.49. The Balaban J connectivity index is 1.69. The highest BCUT2D eigenvalue weighted by molar-refractivity contribution is 5.64. The van der Waals surface area contributed by atoms with Gasteiger partial charge in [0.15, 0.2) is 0 Å². The Hall–Kier alpha value is -1.68. The van der Waals surface area contributed by atoms with E-state index >= 15 is 0 Å². The standard InChI is InChI=1S/C26H35O3/c1-25(2,3)14-5-9-23(28)22-8-4-7-21(17-22)19-10-12-20(13-11-19)24(29)26(18-27)15-6-16-26/h4,8,10-13,17,23-24,27-29H,5-6,9,14-16,18H2,1-3H3. The van der Waals surface area contributed by atoms with Gasteiger partial charge in [0.2, 0.25) is 0 Å². The van der Waals surface area contributed by atoms with Crippen molar-refractivity contribution in [3.63, 3.8) is 0 Å². The molecule has 1 radical (unpaired) electrons. The van der Waals surface area contributed by atoms with Crippen LogP contribution >= 0.6 is 0 Å². The number of hydrogen-bond acceptors (Lipinski definition) is 3. The average Bonchev–Trinajstić information content (AvgIpc) is 2.66. The molecule has 2 aromatic carbocycles. The molecule has 0 amide bonds. The zero-order valence-corrected chi connectivity index (χ0v) is 18.0. The van der Waals surface area contributed by atoms with E-state index in [1.807, 2.05) is 42.5 Å². The van der Waals surface area contributed by atoms with Crippen LogP contribution in [0.15, 0.2) is 42.5 Å². The summed E-state index contributed by atoms with van der Waals surface area (Å²) >= 11 is 0. The Bertz CT molecular complexity index is 779. The largest absolute Gasteiger partial charge is 0.396 e. The second-order valence-corrected chi connectivity index (χ2v) is 9.90. The molecule has 0 aliphatic heterocycles. The van der Waals surface area contributed by atoms with Gasteiger partial charge in [0.1, 0.15) is 0 Å². The zero-order chi connectivity index (χ0) is 21.1. The van der Waals surface area contributed by atoms with Crippen LogP contribution in [-0.2, 0) is 0 Å². The van der Waals surface area contributed by atoms with E-state index in [2.05, 4.69) is 26.8 Å². The minimum atomic E-state index is -0.629. The minimum Gasteiger partial charge on any atom is -0.396 e. The van der Waals surface area contributed by atoms with E-state index in [0.29, 0.717) is 0 Å². The monoisotopic (exact) mass is 395 g/mol. The van der Waals surface area contributed by atoms with E-state index < -0.39 is 12.2 Å². The van der Waals surface area contributed by atoms with Gasteiger partial charge in [0.05, 0.1) is 18.8 Å². The van der Waals surface area contributed by atoms with Gasteiger partial charge >= 0.3 is 0 Å². The molecular formula is C26H35O3. The second-order valence-electron chi connectivity index (χ2n) is 9.90. The topological polar surface area (TPSA) is 60.7 Å². The maximum atomic E-state index is 10.7. The van der Waals surface area contributed by atoms with Crippen LogP contribution in [0.5, 0.6) is 0 Å². The molecule has 29 heavy (non-hydrogen) atoms. The van der Waals surface area contributed by atoms with E-state index in [4.69, 9.17) is 0 Å². The fourth-order valence-electron chi connectivity index (χ4n) is 4.20. The molecule has 1 fully saturated rings. The number of hydrogen-bond donors (Lipinski definition) is 3. The molecule has 0 spiro atoms. The smallest absolute Gasteiger partial charge is 0.0868 e. The highest BCUT2D eigenvalue weighted by Gasteiger charge is 2.43. The number of aliphatic hydroxyl groups is 3. The molecule has 1 aliphatic carbocycles. The molecule has 3 heteroatoms. The van der Waals surface area contributed by atoms with Gasteiger partial charge in [-0.15, -0.1) is 0 Å². The quantitative estimate of drug-likeness (QED) is 0.545. The predicted octanol–water partition coefficient (Wildman–Crippen LogP) is 5.60. The molecular weight excluding hydrogens is 360 g/mol. The van der Waals surface area contributed by atoms with Crippen molar-refractivity contribution in [2.45, 2.75) is 71.5 Å². The molecule has 2 unspecified atom stereocenters. The molecule has 0 saturated heterocycles. The first-order valence-corrected chi connectivity index (χ1v) is 10.8. The highest BCUT2D eigenvalue weighted by atomic mass is 16.3. The van der Waals surface area contributed by atoms with Gasteiger partial charge in [-0.05, 0) is 65.5 Å². The summed E-state index contributed by atoms with van der Waals surface area (Å²) < 4.78 is 0. The van der Waals surface area contributed by atoms with Gasteiger partial charge in [-0.1, -0.05) is 70.0 Å². The van der Waals surface area contributed by atoms with Crippen molar-refractivity contribution in [3.8, 4) is 11.1 Å². The molecule has 0 heterocycles. The first-order valence-electron chi connectivity index (χ1n) is 10.8. The minimum absolute atomic E-state index is 0.0266. The summed E-state index contributed by atoms with van der Waals surface area (Å²) in [5, 5.41) is 31.0. The summed E-state index contributed by atoms with van der Waals surface area (Å²) in [4.78, 5) is 0. The number of aliphatic hydroxyl groups excluding tert-OH is 3.